The number of hydrazine groups is 1. The van der Waals surface area contributed by atoms with E-state index in [-0.39, 0.29) is 22.2 Å². The lowest BCUT2D eigenvalue weighted by Gasteiger charge is -2.11. The van der Waals surface area contributed by atoms with Gasteiger partial charge < -0.3 is 14.5 Å². The number of ether oxygens (including phenoxy) is 1. The molecule has 0 spiro atoms. The van der Waals surface area contributed by atoms with Gasteiger partial charge in [-0.3, -0.25) is 15.6 Å². The van der Waals surface area contributed by atoms with Crippen LogP contribution in [-0.4, -0.2) is 18.1 Å². The molecule has 11 heteroatoms. The number of carbonyl (C=O) groups excluding carboxylic acids is 1. The number of carbonyl (C=O) groups is 1. The summed E-state index contributed by atoms with van der Waals surface area (Å²) < 4.78 is 49.5. The van der Waals surface area contributed by atoms with Crippen LogP contribution in [-0.2, 0) is 6.18 Å². The van der Waals surface area contributed by atoms with Gasteiger partial charge in [-0.25, -0.2) is 0 Å². The zero-order valence-electron chi connectivity index (χ0n) is 15.8. The molecule has 3 N–H and O–H groups in total. The molecule has 0 radical (unpaired) electrons. The molecule has 2 aromatic carbocycles. The summed E-state index contributed by atoms with van der Waals surface area (Å²) in [4.78, 5) is 12.2. The maximum absolute atomic E-state index is 13.0. The molecule has 1 amide bonds. The quantitative estimate of drug-likeness (QED) is 0.357. The van der Waals surface area contributed by atoms with Crippen molar-refractivity contribution in [2.24, 2.45) is 0 Å². The summed E-state index contributed by atoms with van der Waals surface area (Å²) in [5.41, 5.74) is 4.64. The molecular formula is C20H15ClF3N3O3S. The van der Waals surface area contributed by atoms with Crippen molar-refractivity contribution in [3.8, 4) is 17.1 Å². The van der Waals surface area contributed by atoms with Crippen LogP contribution in [0.25, 0.3) is 11.3 Å². The van der Waals surface area contributed by atoms with Gasteiger partial charge in [-0.15, -0.1) is 0 Å². The average molecular weight is 470 g/mol. The van der Waals surface area contributed by atoms with Crippen molar-refractivity contribution >= 4 is 40.5 Å². The van der Waals surface area contributed by atoms with Gasteiger partial charge in [0.25, 0.3) is 0 Å². The number of nitrogens with one attached hydrogen (secondary N) is 3. The predicted molar refractivity (Wildman–Crippen MR) is 114 cm³/mol. The van der Waals surface area contributed by atoms with Gasteiger partial charge in [0.2, 0.25) is 0 Å². The van der Waals surface area contributed by atoms with E-state index in [1.165, 1.54) is 18.2 Å². The number of thiocarbonyl (C=S) groups is 1. The van der Waals surface area contributed by atoms with E-state index in [9.17, 15) is 18.0 Å². The van der Waals surface area contributed by atoms with Crippen molar-refractivity contribution in [1.29, 1.82) is 0 Å². The molecule has 3 aromatic rings. The van der Waals surface area contributed by atoms with Crippen LogP contribution in [0.3, 0.4) is 0 Å². The molecule has 1 heterocycles. The fourth-order valence-corrected chi connectivity index (χ4v) is 2.92. The lowest BCUT2D eigenvalue weighted by atomic mass is 10.1. The van der Waals surface area contributed by atoms with Crippen LogP contribution in [0.4, 0.5) is 18.9 Å². The van der Waals surface area contributed by atoms with Crippen molar-refractivity contribution in [2.75, 3.05) is 12.4 Å². The third-order valence-corrected chi connectivity index (χ3v) is 4.56. The van der Waals surface area contributed by atoms with E-state index >= 15 is 0 Å². The average Bonchev–Trinajstić information content (AvgIpc) is 3.22. The van der Waals surface area contributed by atoms with Gasteiger partial charge in [0.05, 0.1) is 17.7 Å². The SMILES string of the molecule is COc1ccc(NC(=S)NNC(=O)c2ccc(-c3ccc(Cl)c(C(F)(F)F)c3)o2)cc1. The molecule has 0 aliphatic heterocycles. The minimum Gasteiger partial charge on any atom is -0.497 e. The van der Waals surface area contributed by atoms with Crippen LogP contribution >= 0.6 is 23.8 Å². The molecule has 31 heavy (non-hydrogen) atoms. The second-order valence-corrected chi connectivity index (χ2v) is 6.93. The Kier molecular flexibility index (Phi) is 6.71. The summed E-state index contributed by atoms with van der Waals surface area (Å²) in [6, 6.07) is 13.0. The Balaban J connectivity index is 1.62. The van der Waals surface area contributed by atoms with Gasteiger partial charge in [0, 0.05) is 11.3 Å². The highest BCUT2D eigenvalue weighted by Gasteiger charge is 2.33. The number of halogens is 4. The maximum atomic E-state index is 13.0. The Labute approximate surface area is 185 Å². The van der Waals surface area contributed by atoms with E-state index in [0.29, 0.717) is 11.4 Å². The Morgan fingerprint density at radius 3 is 2.42 bits per heavy atom. The first-order valence-corrected chi connectivity index (χ1v) is 9.44. The molecule has 0 unspecified atom stereocenters. The summed E-state index contributed by atoms with van der Waals surface area (Å²) in [6.45, 7) is 0. The highest BCUT2D eigenvalue weighted by molar-refractivity contribution is 7.80. The normalized spacial score (nSPS) is 11.0. The van der Waals surface area contributed by atoms with E-state index in [0.717, 1.165) is 12.1 Å². The minimum atomic E-state index is -4.61. The predicted octanol–water partition coefficient (Wildman–Crippen LogP) is 5.26. The first-order chi connectivity index (χ1) is 14.7. The largest absolute Gasteiger partial charge is 0.497 e. The fourth-order valence-electron chi connectivity index (χ4n) is 2.52. The number of amides is 1. The van der Waals surface area contributed by atoms with Crippen LogP contribution in [0.1, 0.15) is 16.1 Å². The van der Waals surface area contributed by atoms with Gasteiger partial charge in [-0.1, -0.05) is 11.6 Å². The monoisotopic (exact) mass is 469 g/mol. The topological polar surface area (TPSA) is 75.5 Å². The molecular weight excluding hydrogens is 455 g/mol. The van der Waals surface area contributed by atoms with E-state index in [2.05, 4.69) is 16.2 Å². The molecule has 0 atom stereocenters. The zero-order valence-corrected chi connectivity index (χ0v) is 17.4. The molecule has 6 nitrogen and oxygen atoms in total. The number of rotatable bonds is 4. The van der Waals surface area contributed by atoms with E-state index < -0.39 is 22.7 Å². The first-order valence-electron chi connectivity index (χ1n) is 8.65. The molecule has 3 rings (SSSR count). The molecule has 0 aliphatic rings. The minimum absolute atomic E-state index is 0.0752. The third-order valence-electron chi connectivity index (χ3n) is 4.02. The number of benzene rings is 2. The summed E-state index contributed by atoms with van der Waals surface area (Å²) in [5.74, 6) is -0.0472. The summed E-state index contributed by atoms with van der Waals surface area (Å²) in [7, 11) is 1.55. The number of furan rings is 1. The molecule has 0 fully saturated rings. The molecule has 0 bridgehead atoms. The number of anilines is 1. The lowest BCUT2D eigenvalue weighted by Crippen LogP contribution is -2.43. The number of methoxy groups -OCH3 is 1. The Morgan fingerprint density at radius 1 is 1.06 bits per heavy atom. The summed E-state index contributed by atoms with van der Waals surface area (Å²) >= 11 is 10.7. The Hall–Kier alpha value is -3.24. The molecule has 1 aromatic heterocycles. The highest BCUT2D eigenvalue weighted by Crippen LogP contribution is 2.37. The number of hydrogen-bond donors (Lipinski definition) is 3. The Morgan fingerprint density at radius 2 is 1.77 bits per heavy atom. The number of hydrogen-bond acceptors (Lipinski definition) is 4. The van der Waals surface area contributed by atoms with Gasteiger partial charge in [0.15, 0.2) is 10.9 Å². The van der Waals surface area contributed by atoms with Crippen LogP contribution in [0, 0.1) is 0 Å². The Bertz CT molecular complexity index is 1100. The van der Waals surface area contributed by atoms with Gasteiger partial charge in [0.1, 0.15) is 11.5 Å². The molecule has 0 saturated heterocycles. The highest BCUT2D eigenvalue weighted by atomic mass is 35.5. The van der Waals surface area contributed by atoms with E-state index in [1.807, 2.05) is 0 Å². The smallest absolute Gasteiger partial charge is 0.417 e. The second kappa shape index (κ2) is 9.27. The van der Waals surface area contributed by atoms with Crippen molar-refractivity contribution in [3.63, 3.8) is 0 Å². The van der Waals surface area contributed by atoms with Gasteiger partial charge in [-0.05, 0) is 66.8 Å². The standard InChI is InChI=1S/C20H15ClF3N3O3S/c1-29-13-5-3-12(4-6-13)25-19(31)27-26-18(28)17-9-8-16(30-17)11-2-7-15(21)14(10-11)20(22,23)24/h2-10H,1H3,(H,26,28)(H2,25,27,31). The van der Waals surface area contributed by atoms with Gasteiger partial charge in [-0.2, -0.15) is 13.2 Å². The van der Waals surface area contributed by atoms with Crippen LogP contribution in [0.2, 0.25) is 5.02 Å². The van der Waals surface area contributed by atoms with Crippen molar-refractivity contribution in [1.82, 2.24) is 10.9 Å². The first kappa shape index (κ1) is 22.4. The zero-order chi connectivity index (χ0) is 22.6. The van der Waals surface area contributed by atoms with Crippen LogP contribution in [0.15, 0.2) is 59.0 Å². The van der Waals surface area contributed by atoms with Crippen molar-refractivity contribution in [2.45, 2.75) is 6.18 Å². The van der Waals surface area contributed by atoms with Crippen molar-refractivity contribution in [3.05, 3.63) is 70.9 Å². The molecule has 162 valence electrons. The van der Waals surface area contributed by atoms with E-state index in [4.69, 9.17) is 33.0 Å². The second-order valence-electron chi connectivity index (χ2n) is 6.12. The van der Waals surface area contributed by atoms with Crippen LogP contribution in [0.5, 0.6) is 5.75 Å². The molecule has 0 saturated carbocycles. The van der Waals surface area contributed by atoms with Crippen LogP contribution < -0.4 is 20.9 Å². The third kappa shape index (κ3) is 5.68. The van der Waals surface area contributed by atoms with Gasteiger partial charge >= 0.3 is 12.1 Å². The summed E-state index contributed by atoms with van der Waals surface area (Å²) in [6.07, 6.45) is -4.61. The lowest BCUT2D eigenvalue weighted by molar-refractivity contribution is -0.137. The summed E-state index contributed by atoms with van der Waals surface area (Å²) in [5, 5.41) is 2.54. The number of alkyl halides is 3. The van der Waals surface area contributed by atoms with E-state index in [1.54, 1.807) is 31.4 Å². The maximum Gasteiger partial charge on any atom is 0.417 e. The fraction of sp³-hybridized carbons (Fsp3) is 0.100. The molecule has 0 aliphatic carbocycles. The van der Waals surface area contributed by atoms with Crippen molar-refractivity contribution < 1.29 is 27.1 Å².